The SMILES string of the molecule is CCC(=O)c1cnccc1Nc1cc(-c2cc(Cl)ccc2F)c(=O)[nH]c1CC.CCc1[nH]c(=O)c(-c2cc(Cl)ccc2F)cc1N.CCc1[nH]c(=O)c(-c2cc(Cl)ccc2F)cc1Nc1ccncc1C(=O)OC.CCc1[nH]c(=O)c(-c2cc(Cl)ccc2F)cc1Nc1ccncc1C(=O)[O-].COC(=O)c1cnccc1Cl.[Li+]. The van der Waals surface area contributed by atoms with Gasteiger partial charge in [-0.2, -0.15) is 0 Å². The predicted molar refractivity (Wildman–Crippen MR) is 425 cm³/mol. The zero-order valence-electron chi connectivity index (χ0n) is 61.5. The van der Waals surface area contributed by atoms with Gasteiger partial charge >= 0.3 is 30.8 Å². The normalized spacial score (nSPS) is 10.4. The Morgan fingerprint density at radius 1 is 0.398 bits per heavy atom. The van der Waals surface area contributed by atoms with Crippen LogP contribution in [0.4, 0.5) is 57.4 Å². The van der Waals surface area contributed by atoms with Gasteiger partial charge in [0.15, 0.2) is 5.78 Å². The number of carboxylic acids is 1. The summed E-state index contributed by atoms with van der Waals surface area (Å²) in [5, 5.41) is 22.2. The molecule has 0 saturated carbocycles. The first-order chi connectivity index (χ1) is 53.6. The van der Waals surface area contributed by atoms with Gasteiger partial charge in [0.25, 0.3) is 22.2 Å². The van der Waals surface area contributed by atoms with Crippen molar-refractivity contribution < 1.29 is 70.2 Å². The molecule has 4 aromatic carbocycles. The van der Waals surface area contributed by atoms with Crippen molar-refractivity contribution >= 4 is 122 Å². The Balaban J connectivity index is 0.000000201. The number of aromatic carboxylic acids is 1. The van der Waals surface area contributed by atoms with E-state index in [2.05, 4.69) is 60.6 Å². The number of aromatic amines is 4. The number of carbonyl (C=O) groups excluding carboxylic acids is 4. The van der Waals surface area contributed by atoms with Crippen LogP contribution in [-0.2, 0) is 35.2 Å². The number of halogens is 9. The molecule has 23 nitrogen and oxygen atoms in total. The minimum absolute atomic E-state index is 0. The number of ketones is 1. The average Bonchev–Trinajstić information content (AvgIpc) is 0.808. The van der Waals surface area contributed by atoms with E-state index in [-0.39, 0.29) is 102 Å². The van der Waals surface area contributed by atoms with Gasteiger partial charge in [0, 0.05) is 127 Å². The molecular formula is C80H68Cl5F4LiN12O11. The summed E-state index contributed by atoms with van der Waals surface area (Å²) in [6.45, 7) is 9.23. The predicted octanol–water partition coefficient (Wildman–Crippen LogP) is 13.9. The van der Waals surface area contributed by atoms with Crippen LogP contribution in [0.3, 0.4) is 0 Å². The summed E-state index contributed by atoms with van der Waals surface area (Å²) < 4.78 is 65.7. The average molecular weight is 1630 g/mol. The number of carbonyl (C=O) groups is 4. The molecule has 8 aromatic heterocycles. The fourth-order valence-electron chi connectivity index (χ4n) is 10.8. The molecule has 0 aliphatic rings. The van der Waals surface area contributed by atoms with E-state index in [1.807, 2.05) is 27.7 Å². The number of benzene rings is 4. The number of nitrogen functional groups attached to an aromatic ring is 1. The number of H-pyrrole nitrogens is 4. The van der Waals surface area contributed by atoms with E-state index in [4.69, 9.17) is 68.5 Å². The monoisotopic (exact) mass is 1630 g/mol. The van der Waals surface area contributed by atoms with Crippen LogP contribution in [0.5, 0.6) is 0 Å². The largest absolute Gasteiger partial charge is 1.00 e. The maximum absolute atomic E-state index is 14.3. The summed E-state index contributed by atoms with van der Waals surface area (Å²) in [5.41, 5.74) is 11.5. The van der Waals surface area contributed by atoms with Crippen molar-refractivity contribution in [3.05, 3.63) is 306 Å². The van der Waals surface area contributed by atoms with Crippen LogP contribution in [0.25, 0.3) is 44.5 Å². The zero-order valence-corrected chi connectivity index (χ0v) is 65.2. The molecule has 0 aliphatic heterocycles. The number of aromatic nitrogens is 8. The number of hydrogen-bond donors (Lipinski definition) is 8. The number of pyridine rings is 8. The number of nitrogens with one attached hydrogen (secondary N) is 7. The third-order valence-electron chi connectivity index (χ3n) is 16.5. The van der Waals surface area contributed by atoms with Crippen LogP contribution in [0.2, 0.25) is 25.1 Å². The summed E-state index contributed by atoms with van der Waals surface area (Å²) in [6.07, 6.45) is 13.9. The van der Waals surface area contributed by atoms with Gasteiger partial charge in [0.2, 0.25) is 0 Å². The second-order valence-corrected chi connectivity index (χ2v) is 25.8. The molecule has 9 N–H and O–H groups in total. The summed E-state index contributed by atoms with van der Waals surface area (Å²) in [5.74, 6) is -4.69. The van der Waals surface area contributed by atoms with Crippen LogP contribution < -0.4 is 67.9 Å². The second-order valence-electron chi connectivity index (χ2n) is 23.6. The van der Waals surface area contributed by atoms with Crippen LogP contribution in [0.1, 0.15) is 105 Å². The van der Waals surface area contributed by atoms with E-state index < -0.39 is 57.9 Å². The number of Topliss-reactive ketones (excluding diaryl/α,β-unsaturated/α-hetero) is 1. The molecule has 12 aromatic rings. The number of hydrogen-bond acceptors (Lipinski definition) is 19. The number of carboxylic acid groups (broad SMARTS) is 1. The molecule has 0 atom stereocenters. The van der Waals surface area contributed by atoms with E-state index in [1.165, 1.54) is 155 Å². The Morgan fingerprint density at radius 3 is 1.02 bits per heavy atom. The third-order valence-corrected chi connectivity index (χ3v) is 17.8. The molecule has 33 heteroatoms. The topological polar surface area (TPSA) is 355 Å². The molecule has 0 spiro atoms. The Kier molecular flexibility index (Phi) is 32.6. The number of anilines is 7. The van der Waals surface area contributed by atoms with Crippen molar-refractivity contribution in [2.75, 3.05) is 35.9 Å². The van der Waals surface area contributed by atoms with Crippen molar-refractivity contribution in [2.45, 2.75) is 66.7 Å². The molecule has 0 amide bonds. The summed E-state index contributed by atoms with van der Waals surface area (Å²) >= 11 is 29.3. The second kappa shape index (κ2) is 41.6. The maximum Gasteiger partial charge on any atom is 1.00 e. The van der Waals surface area contributed by atoms with E-state index in [9.17, 15) is 61.0 Å². The molecule has 0 bridgehead atoms. The van der Waals surface area contributed by atoms with Gasteiger partial charge in [0.1, 0.15) is 28.8 Å². The first-order valence-corrected chi connectivity index (χ1v) is 35.7. The van der Waals surface area contributed by atoms with E-state index in [0.717, 1.165) is 6.20 Å². The Morgan fingerprint density at radius 2 is 0.690 bits per heavy atom. The quantitative estimate of drug-likeness (QED) is 0.0161. The van der Waals surface area contributed by atoms with Crippen molar-refractivity contribution in [1.29, 1.82) is 0 Å². The molecule has 0 saturated heterocycles. The molecule has 12 rings (SSSR count). The molecule has 113 heavy (non-hydrogen) atoms. The van der Waals surface area contributed by atoms with Crippen molar-refractivity contribution in [2.24, 2.45) is 0 Å². The Bertz CT molecular complexity index is 5580. The summed E-state index contributed by atoms with van der Waals surface area (Å²) in [7, 11) is 2.57. The first kappa shape index (κ1) is 88.5. The van der Waals surface area contributed by atoms with Crippen molar-refractivity contribution in [3.63, 3.8) is 0 Å². The van der Waals surface area contributed by atoms with Crippen LogP contribution >= 0.6 is 58.0 Å². The van der Waals surface area contributed by atoms with Gasteiger partial charge < -0.3 is 61.0 Å². The van der Waals surface area contributed by atoms with Gasteiger partial charge in [-0.3, -0.25) is 43.9 Å². The van der Waals surface area contributed by atoms with Crippen LogP contribution in [0.15, 0.2) is 190 Å². The third kappa shape index (κ3) is 22.8. The smallest absolute Gasteiger partial charge is 0.545 e. The van der Waals surface area contributed by atoms with E-state index in [0.29, 0.717) is 115 Å². The minimum atomic E-state index is -1.39. The van der Waals surface area contributed by atoms with Crippen LogP contribution in [0, 0.1) is 23.3 Å². The number of nitrogens with two attached hydrogens (primary N) is 1. The maximum atomic E-state index is 14.3. The van der Waals surface area contributed by atoms with E-state index >= 15 is 0 Å². The zero-order chi connectivity index (χ0) is 81.6. The number of methoxy groups -OCH3 is 2. The number of ether oxygens (including phenoxy) is 2. The number of rotatable bonds is 19. The molecule has 0 fully saturated rings. The molecule has 578 valence electrons. The van der Waals surface area contributed by atoms with Crippen molar-refractivity contribution in [3.8, 4) is 44.5 Å². The summed E-state index contributed by atoms with van der Waals surface area (Å²) in [6, 6.07) is 28.4. The number of esters is 2. The molecule has 0 radical (unpaired) electrons. The van der Waals surface area contributed by atoms with Crippen LogP contribution in [-0.4, -0.2) is 77.8 Å². The van der Waals surface area contributed by atoms with Gasteiger partial charge in [-0.1, -0.05) is 92.6 Å². The van der Waals surface area contributed by atoms with Gasteiger partial charge in [0.05, 0.1) is 98.4 Å². The molecule has 0 aliphatic carbocycles. The summed E-state index contributed by atoms with van der Waals surface area (Å²) in [4.78, 5) is 122. The van der Waals surface area contributed by atoms with Crippen molar-refractivity contribution in [1.82, 2.24) is 39.9 Å². The fraction of sp³-hybridized carbons (Fsp3) is 0.150. The fourth-order valence-corrected chi connectivity index (χ4v) is 11.7. The van der Waals surface area contributed by atoms with Gasteiger partial charge in [-0.15, -0.1) is 0 Å². The van der Waals surface area contributed by atoms with Gasteiger partial charge in [-0.05, 0) is 147 Å². The first-order valence-electron chi connectivity index (χ1n) is 33.8. The Hall–Kier alpha value is -11.7. The standard InChI is InChI=1S/C21H19ClFN3O2.C20H17ClFN3O3.C19H15ClFN3O3.C13H12ClFN2O.C7H6ClNO2.Li/c1-3-17-19(25-18-7-8-24-11-15(18)20(27)4-2)10-14(21(28)26-17)13-9-12(22)5-6-16(13)23;1-3-16-18(24-17-6-7-23-10-14(17)20(27)28-2)9-13(19(26)25-16)12-8-11(21)4-5-15(12)22;1-2-15-17(23-16-5-6-22-9-13(16)19(26)27)8-12(18(25)24-15)11-7-10(20)3-4-14(11)21;1-2-12-11(16)6-9(13(18)17-12)8-5-7(14)3-4-10(8)15;1-11-7(10)5-4-9-3-2-6(5)8;/h5-11H,3-4H2,1-2H3,(H,24,25)(H,26,28);4-10H,3H2,1-2H3,(H,23,24)(H,25,26);3-9H,2H2,1H3,(H,22,23)(H,24,25)(H,26,27);3-6H,2,16H2,1H3,(H,17,18);2-4H,1H3;/q;;;;;+1/p-1. The molecular weight excluding hydrogens is 1570 g/mol. The number of aryl methyl sites for hydroxylation is 4. The molecule has 0 unspecified atom stereocenters. The minimum Gasteiger partial charge on any atom is -0.545 e. The molecule has 8 heterocycles. The van der Waals surface area contributed by atoms with E-state index in [1.54, 1.807) is 31.3 Å². The number of nitrogens with zero attached hydrogens (tertiary/aromatic N) is 4. The Labute approximate surface area is 679 Å². The van der Waals surface area contributed by atoms with Gasteiger partial charge in [-0.25, -0.2) is 27.2 Å².